The van der Waals surface area contributed by atoms with Crippen molar-refractivity contribution < 1.29 is 4.74 Å². The zero-order valence-electron chi connectivity index (χ0n) is 10.8. The quantitative estimate of drug-likeness (QED) is 0.531. The molecule has 1 rings (SSSR count). The molecule has 0 spiro atoms. The Bertz CT molecular complexity index is 371. The first-order chi connectivity index (χ1) is 8.74. The molecule has 0 saturated heterocycles. The van der Waals surface area contributed by atoms with Gasteiger partial charge in [-0.25, -0.2) is 4.98 Å². The van der Waals surface area contributed by atoms with Gasteiger partial charge in [0.05, 0.1) is 0 Å². The summed E-state index contributed by atoms with van der Waals surface area (Å²) in [6.07, 6.45) is 4.97. The first-order valence-electron chi connectivity index (χ1n) is 6.31. The molecule has 0 radical (unpaired) electrons. The maximum atomic E-state index is 5.56. The molecule has 0 atom stereocenters. The molecule has 0 bridgehead atoms. The van der Waals surface area contributed by atoms with E-state index in [4.69, 9.17) is 22.7 Å². The van der Waals surface area contributed by atoms with Crippen molar-refractivity contribution >= 4 is 23.0 Å². The normalized spacial score (nSPS) is 10.3. The van der Waals surface area contributed by atoms with Crippen LogP contribution < -0.4 is 11.1 Å². The summed E-state index contributed by atoms with van der Waals surface area (Å²) < 4.78 is 5.47. The fraction of sp³-hybridized carbons (Fsp3) is 0.538. The van der Waals surface area contributed by atoms with Crippen LogP contribution in [0.5, 0.6) is 0 Å². The predicted molar refractivity (Wildman–Crippen MR) is 79.0 cm³/mol. The summed E-state index contributed by atoms with van der Waals surface area (Å²) in [5.41, 5.74) is 6.40. The summed E-state index contributed by atoms with van der Waals surface area (Å²) in [4.78, 5) is 4.59. The maximum Gasteiger partial charge on any atom is 0.126 e. The highest BCUT2D eigenvalue weighted by molar-refractivity contribution is 7.80. The highest BCUT2D eigenvalue weighted by Crippen LogP contribution is 2.06. The number of thiocarbonyl (C=S) groups is 1. The molecule has 1 aromatic rings. The molecule has 4 nitrogen and oxygen atoms in total. The van der Waals surface area contributed by atoms with Crippen molar-refractivity contribution in [2.24, 2.45) is 5.73 Å². The number of hydrogen-bond donors (Lipinski definition) is 2. The van der Waals surface area contributed by atoms with E-state index >= 15 is 0 Å². The van der Waals surface area contributed by atoms with Gasteiger partial charge in [-0.05, 0) is 25.0 Å². The van der Waals surface area contributed by atoms with Crippen LogP contribution in [-0.2, 0) is 4.74 Å². The molecule has 1 aromatic heterocycles. The Kier molecular flexibility index (Phi) is 7.29. The lowest BCUT2D eigenvalue weighted by Gasteiger charge is -2.07. The van der Waals surface area contributed by atoms with Gasteiger partial charge in [0.1, 0.15) is 10.8 Å². The molecule has 0 fully saturated rings. The molecular formula is C13H21N3OS. The van der Waals surface area contributed by atoms with Gasteiger partial charge in [0.25, 0.3) is 0 Å². The highest BCUT2D eigenvalue weighted by atomic mass is 32.1. The van der Waals surface area contributed by atoms with E-state index in [0.29, 0.717) is 4.99 Å². The van der Waals surface area contributed by atoms with Gasteiger partial charge in [-0.2, -0.15) is 0 Å². The summed E-state index contributed by atoms with van der Waals surface area (Å²) in [6, 6.07) is 3.67. The number of hydrogen-bond acceptors (Lipinski definition) is 4. The van der Waals surface area contributed by atoms with E-state index in [0.717, 1.165) is 44.0 Å². The fourth-order valence-electron chi connectivity index (χ4n) is 1.42. The van der Waals surface area contributed by atoms with Crippen LogP contribution in [0.15, 0.2) is 18.3 Å². The van der Waals surface area contributed by atoms with Crippen molar-refractivity contribution in [3.63, 3.8) is 0 Å². The number of anilines is 1. The van der Waals surface area contributed by atoms with E-state index in [-0.39, 0.29) is 0 Å². The molecule has 5 heteroatoms. The number of nitrogens with one attached hydrogen (secondary N) is 1. The Morgan fingerprint density at radius 3 is 2.94 bits per heavy atom. The van der Waals surface area contributed by atoms with Crippen LogP contribution in [0.3, 0.4) is 0 Å². The van der Waals surface area contributed by atoms with E-state index in [2.05, 4.69) is 17.2 Å². The largest absolute Gasteiger partial charge is 0.389 e. The van der Waals surface area contributed by atoms with Gasteiger partial charge in [-0.1, -0.05) is 25.6 Å². The average Bonchev–Trinajstić information content (AvgIpc) is 2.38. The minimum Gasteiger partial charge on any atom is -0.389 e. The van der Waals surface area contributed by atoms with Crippen LogP contribution in [0, 0.1) is 0 Å². The van der Waals surface area contributed by atoms with Crippen molar-refractivity contribution in [2.75, 3.05) is 25.1 Å². The lowest BCUT2D eigenvalue weighted by molar-refractivity contribution is 0.131. The van der Waals surface area contributed by atoms with Crippen LogP contribution in [-0.4, -0.2) is 29.7 Å². The van der Waals surface area contributed by atoms with Crippen molar-refractivity contribution in [3.8, 4) is 0 Å². The smallest absolute Gasteiger partial charge is 0.126 e. The fourth-order valence-corrected chi connectivity index (χ4v) is 1.55. The first-order valence-corrected chi connectivity index (χ1v) is 6.72. The molecule has 0 aliphatic heterocycles. The molecule has 100 valence electrons. The van der Waals surface area contributed by atoms with Crippen molar-refractivity contribution in [1.29, 1.82) is 0 Å². The Hall–Kier alpha value is -1.20. The summed E-state index contributed by atoms with van der Waals surface area (Å²) in [7, 11) is 0. The average molecular weight is 267 g/mol. The van der Waals surface area contributed by atoms with Crippen LogP contribution >= 0.6 is 12.2 Å². The van der Waals surface area contributed by atoms with Crippen molar-refractivity contribution in [2.45, 2.75) is 26.2 Å². The van der Waals surface area contributed by atoms with E-state index in [1.807, 2.05) is 6.07 Å². The molecule has 0 aromatic carbocycles. The second-order valence-corrected chi connectivity index (χ2v) is 4.48. The zero-order chi connectivity index (χ0) is 13.2. The number of pyridine rings is 1. The third-order valence-electron chi connectivity index (χ3n) is 2.46. The second-order valence-electron chi connectivity index (χ2n) is 4.04. The molecule has 3 N–H and O–H groups in total. The minimum atomic E-state index is 0.392. The minimum absolute atomic E-state index is 0.392. The van der Waals surface area contributed by atoms with E-state index in [9.17, 15) is 0 Å². The third-order valence-corrected chi connectivity index (χ3v) is 2.69. The number of aromatic nitrogens is 1. The standard InChI is InChI=1S/C13H21N3OS/c1-2-3-8-17-9-4-6-15-12-10-11(13(14)18)5-7-16-12/h5,7,10H,2-4,6,8-9H2,1H3,(H2,14,18)(H,15,16). The molecule has 0 aliphatic rings. The monoisotopic (exact) mass is 267 g/mol. The van der Waals surface area contributed by atoms with Crippen LogP contribution in [0.4, 0.5) is 5.82 Å². The van der Waals surface area contributed by atoms with Crippen molar-refractivity contribution in [3.05, 3.63) is 23.9 Å². The predicted octanol–water partition coefficient (Wildman–Crippen LogP) is 2.33. The van der Waals surface area contributed by atoms with Crippen LogP contribution in [0.1, 0.15) is 31.7 Å². The Morgan fingerprint density at radius 1 is 1.44 bits per heavy atom. The van der Waals surface area contributed by atoms with Crippen molar-refractivity contribution in [1.82, 2.24) is 4.98 Å². The van der Waals surface area contributed by atoms with E-state index < -0.39 is 0 Å². The molecular weight excluding hydrogens is 246 g/mol. The zero-order valence-corrected chi connectivity index (χ0v) is 11.6. The van der Waals surface area contributed by atoms with Gasteiger partial charge in [-0.15, -0.1) is 0 Å². The summed E-state index contributed by atoms with van der Waals surface area (Å²) in [5.74, 6) is 0.800. The van der Waals surface area contributed by atoms with Gasteiger partial charge in [0, 0.05) is 31.5 Å². The lowest BCUT2D eigenvalue weighted by Crippen LogP contribution is -2.11. The van der Waals surface area contributed by atoms with Gasteiger partial charge in [0.15, 0.2) is 0 Å². The second kappa shape index (κ2) is 8.83. The molecule has 1 heterocycles. The molecule has 18 heavy (non-hydrogen) atoms. The van der Waals surface area contributed by atoms with E-state index in [1.165, 1.54) is 6.42 Å². The van der Waals surface area contributed by atoms with Gasteiger partial charge >= 0.3 is 0 Å². The summed E-state index contributed by atoms with van der Waals surface area (Å²) >= 11 is 4.92. The number of nitrogens with two attached hydrogens (primary N) is 1. The molecule has 0 saturated carbocycles. The van der Waals surface area contributed by atoms with Crippen LogP contribution in [0.2, 0.25) is 0 Å². The highest BCUT2D eigenvalue weighted by Gasteiger charge is 1.98. The third kappa shape index (κ3) is 5.93. The molecule has 0 unspecified atom stereocenters. The van der Waals surface area contributed by atoms with Gasteiger partial charge in [-0.3, -0.25) is 0 Å². The molecule has 0 amide bonds. The topological polar surface area (TPSA) is 60.2 Å². The Morgan fingerprint density at radius 2 is 2.22 bits per heavy atom. The number of ether oxygens (including phenoxy) is 1. The number of rotatable bonds is 9. The van der Waals surface area contributed by atoms with Crippen LogP contribution in [0.25, 0.3) is 0 Å². The summed E-state index contributed by atoms with van der Waals surface area (Å²) in [5, 5.41) is 3.22. The Labute approximate surface area is 114 Å². The summed E-state index contributed by atoms with van der Waals surface area (Å²) in [6.45, 7) is 4.62. The maximum absolute atomic E-state index is 5.56. The Balaban J connectivity index is 2.19. The van der Waals surface area contributed by atoms with E-state index in [1.54, 1.807) is 12.3 Å². The number of nitrogens with zero attached hydrogens (tertiary/aromatic N) is 1. The number of unbranched alkanes of at least 4 members (excludes halogenated alkanes) is 1. The lowest BCUT2D eigenvalue weighted by atomic mass is 10.2. The first kappa shape index (κ1) is 14.9. The SMILES string of the molecule is CCCCOCCCNc1cc(C(N)=S)ccn1. The van der Waals surface area contributed by atoms with Gasteiger partial charge in [0.2, 0.25) is 0 Å². The van der Waals surface area contributed by atoms with Gasteiger partial charge < -0.3 is 15.8 Å². The molecule has 0 aliphatic carbocycles.